The van der Waals surface area contributed by atoms with Crippen molar-refractivity contribution in [3.8, 4) is 5.75 Å². The van der Waals surface area contributed by atoms with Crippen LogP contribution >= 0.6 is 12.2 Å². The van der Waals surface area contributed by atoms with Gasteiger partial charge in [0.2, 0.25) is 0 Å². The molecule has 0 radical (unpaired) electrons. The Morgan fingerprint density at radius 3 is 2.55 bits per heavy atom. The highest BCUT2D eigenvalue weighted by Crippen LogP contribution is 2.09. The molecule has 0 aliphatic carbocycles. The van der Waals surface area contributed by atoms with Crippen molar-refractivity contribution >= 4 is 23.5 Å². The van der Waals surface area contributed by atoms with Crippen LogP contribution in [0.3, 0.4) is 0 Å². The van der Waals surface area contributed by atoms with Gasteiger partial charge in [-0.05, 0) is 54.0 Å². The van der Waals surface area contributed by atoms with E-state index in [-0.39, 0.29) is 0 Å². The van der Waals surface area contributed by atoms with Crippen molar-refractivity contribution in [2.75, 3.05) is 13.7 Å². The lowest BCUT2D eigenvalue weighted by Crippen LogP contribution is -2.33. The van der Waals surface area contributed by atoms with Crippen molar-refractivity contribution in [3.05, 3.63) is 65.7 Å². The third-order valence-corrected chi connectivity index (χ3v) is 3.27. The number of hydrogen-bond donors (Lipinski definition) is 2. The second-order valence-corrected chi connectivity index (χ2v) is 5.04. The Bertz CT molecular complexity index is 612. The van der Waals surface area contributed by atoms with Crippen LogP contribution in [-0.2, 0) is 6.42 Å². The van der Waals surface area contributed by atoms with Crippen molar-refractivity contribution in [1.29, 1.82) is 0 Å². The van der Waals surface area contributed by atoms with Crippen LogP contribution in [0.25, 0.3) is 0 Å². The molecule has 0 bridgehead atoms. The van der Waals surface area contributed by atoms with Crippen molar-refractivity contribution in [3.63, 3.8) is 0 Å². The first-order valence-corrected chi connectivity index (χ1v) is 7.43. The molecule has 22 heavy (non-hydrogen) atoms. The molecule has 114 valence electrons. The van der Waals surface area contributed by atoms with E-state index in [4.69, 9.17) is 17.0 Å². The molecular weight excluding hydrogens is 294 g/mol. The number of hydrazone groups is 1. The summed E-state index contributed by atoms with van der Waals surface area (Å²) in [6, 6.07) is 17.9. The van der Waals surface area contributed by atoms with Crippen LogP contribution in [0.1, 0.15) is 11.1 Å². The Kier molecular flexibility index (Phi) is 6.39. The molecule has 2 N–H and O–H groups in total. The summed E-state index contributed by atoms with van der Waals surface area (Å²) in [6.45, 7) is 0.772. The van der Waals surface area contributed by atoms with Gasteiger partial charge in [-0.15, -0.1) is 0 Å². The molecule has 0 aliphatic heterocycles. The molecule has 2 aromatic rings. The number of nitrogens with one attached hydrogen (secondary N) is 2. The Morgan fingerprint density at radius 1 is 1.14 bits per heavy atom. The highest BCUT2D eigenvalue weighted by atomic mass is 32.1. The topological polar surface area (TPSA) is 45.6 Å². The maximum Gasteiger partial charge on any atom is 0.186 e. The van der Waals surface area contributed by atoms with Gasteiger partial charge in [0.05, 0.1) is 13.3 Å². The lowest BCUT2D eigenvalue weighted by atomic mass is 10.1. The maximum absolute atomic E-state index is 5.17. The summed E-state index contributed by atoms with van der Waals surface area (Å²) in [5, 5.41) is 7.74. The first-order chi connectivity index (χ1) is 10.8. The minimum Gasteiger partial charge on any atom is -0.497 e. The molecule has 0 spiro atoms. The van der Waals surface area contributed by atoms with Crippen LogP contribution in [0.4, 0.5) is 0 Å². The largest absolute Gasteiger partial charge is 0.497 e. The Hall–Kier alpha value is -2.40. The highest BCUT2D eigenvalue weighted by Gasteiger charge is 1.95. The molecule has 2 aromatic carbocycles. The van der Waals surface area contributed by atoms with Crippen LogP contribution < -0.4 is 15.5 Å². The Labute approximate surface area is 136 Å². The predicted octanol–water partition coefficient (Wildman–Crippen LogP) is 2.74. The van der Waals surface area contributed by atoms with E-state index in [0.29, 0.717) is 5.11 Å². The number of ether oxygens (including phenoxy) is 1. The van der Waals surface area contributed by atoms with Gasteiger partial charge in [-0.3, -0.25) is 5.43 Å². The zero-order valence-corrected chi connectivity index (χ0v) is 13.3. The van der Waals surface area contributed by atoms with E-state index in [1.165, 1.54) is 5.56 Å². The van der Waals surface area contributed by atoms with E-state index in [0.717, 1.165) is 24.3 Å². The van der Waals surface area contributed by atoms with E-state index in [1.54, 1.807) is 13.3 Å². The average molecular weight is 313 g/mol. The fourth-order valence-corrected chi connectivity index (χ4v) is 2.01. The van der Waals surface area contributed by atoms with Crippen molar-refractivity contribution in [2.45, 2.75) is 6.42 Å². The summed E-state index contributed by atoms with van der Waals surface area (Å²) in [5.41, 5.74) is 5.05. The summed E-state index contributed by atoms with van der Waals surface area (Å²) in [5.74, 6) is 0.822. The first-order valence-electron chi connectivity index (χ1n) is 7.03. The third kappa shape index (κ3) is 5.54. The number of methoxy groups -OCH3 is 1. The van der Waals surface area contributed by atoms with Crippen LogP contribution in [0.5, 0.6) is 5.75 Å². The monoisotopic (exact) mass is 313 g/mol. The first kappa shape index (κ1) is 16.0. The number of thiocarbonyl (C=S) groups is 1. The molecule has 0 aliphatic rings. The van der Waals surface area contributed by atoms with Gasteiger partial charge in [-0.25, -0.2) is 0 Å². The third-order valence-electron chi connectivity index (χ3n) is 3.04. The molecule has 0 unspecified atom stereocenters. The summed E-state index contributed by atoms with van der Waals surface area (Å²) in [4.78, 5) is 0. The zero-order chi connectivity index (χ0) is 15.6. The van der Waals surface area contributed by atoms with Gasteiger partial charge in [0.25, 0.3) is 0 Å². The van der Waals surface area contributed by atoms with Gasteiger partial charge in [-0.2, -0.15) is 5.10 Å². The van der Waals surface area contributed by atoms with E-state index >= 15 is 0 Å². The number of rotatable bonds is 6. The molecule has 2 rings (SSSR count). The van der Waals surface area contributed by atoms with Gasteiger partial charge in [0, 0.05) is 6.54 Å². The molecule has 0 saturated heterocycles. The maximum atomic E-state index is 5.17. The fourth-order valence-electron chi connectivity index (χ4n) is 1.86. The van der Waals surface area contributed by atoms with Gasteiger partial charge in [0.1, 0.15) is 5.75 Å². The minimum atomic E-state index is 0.515. The number of hydrogen-bond acceptors (Lipinski definition) is 3. The molecule has 0 amide bonds. The summed E-state index contributed by atoms with van der Waals surface area (Å²) < 4.78 is 5.10. The van der Waals surface area contributed by atoms with Crippen LogP contribution in [-0.4, -0.2) is 25.0 Å². The van der Waals surface area contributed by atoms with Gasteiger partial charge in [-0.1, -0.05) is 30.3 Å². The smallest absolute Gasteiger partial charge is 0.186 e. The standard InChI is InChI=1S/C17H19N3OS/c1-21-16-9-7-15(8-10-16)13-19-20-17(22)18-12-11-14-5-3-2-4-6-14/h2-10,13H,11-12H2,1H3,(H2,18,20,22)/b19-13-. The second-order valence-electron chi connectivity index (χ2n) is 4.63. The quantitative estimate of drug-likeness (QED) is 0.489. The van der Waals surface area contributed by atoms with Crippen LogP contribution in [0, 0.1) is 0 Å². The van der Waals surface area contributed by atoms with E-state index in [1.807, 2.05) is 42.5 Å². The normalized spacial score (nSPS) is 10.4. The zero-order valence-electron chi connectivity index (χ0n) is 12.5. The van der Waals surface area contributed by atoms with Crippen LogP contribution in [0.2, 0.25) is 0 Å². The fraction of sp³-hybridized carbons (Fsp3) is 0.176. The van der Waals surface area contributed by atoms with Crippen molar-refractivity contribution in [2.24, 2.45) is 5.10 Å². The number of nitrogens with zero attached hydrogens (tertiary/aromatic N) is 1. The van der Waals surface area contributed by atoms with E-state index < -0.39 is 0 Å². The second kappa shape index (κ2) is 8.79. The molecule has 0 saturated carbocycles. The van der Waals surface area contributed by atoms with Crippen molar-refractivity contribution in [1.82, 2.24) is 10.7 Å². The van der Waals surface area contributed by atoms with Gasteiger partial charge >= 0.3 is 0 Å². The molecule has 0 fully saturated rings. The Balaban J connectivity index is 1.69. The predicted molar refractivity (Wildman–Crippen MR) is 94.5 cm³/mol. The van der Waals surface area contributed by atoms with E-state index in [2.05, 4.69) is 28.0 Å². The SMILES string of the molecule is COc1ccc(/C=N\NC(=S)NCCc2ccccc2)cc1. The highest BCUT2D eigenvalue weighted by molar-refractivity contribution is 7.80. The summed E-state index contributed by atoms with van der Waals surface area (Å²) >= 11 is 5.17. The Morgan fingerprint density at radius 2 is 1.86 bits per heavy atom. The minimum absolute atomic E-state index is 0.515. The number of benzene rings is 2. The van der Waals surface area contributed by atoms with Crippen molar-refractivity contribution < 1.29 is 4.74 Å². The summed E-state index contributed by atoms with van der Waals surface area (Å²) in [6.07, 6.45) is 2.63. The lowest BCUT2D eigenvalue weighted by molar-refractivity contribution is 0.415. The van der Waals surface area contributed by atoms with E-state index in [9.17, 15) is 0 Å². The van der Waals surface area contributed by atoms with Gasteiger partial charge < -0.3 is 10.1 Å². The molecule has 0 aromatic heterocycles. The molecule has 5 heteroatoms. The summed E-state index contributed by atoms with van der Waals surface area (Å²) in [7, 11) is 1.64. The molecular formula is C17H19N3OS. The van der Waals surface area contributed by atoms with Crippen LogP contribution in [0.15, 0.2) is 59.7 Å². The molecule has 0 heterocycles. The molecule has 0 atom stereocenters. The van der Waals surface area contributed by atoms with Gasteiger partial charge in [0.15, 0.2) is 5.11 Å². The molecule has 4 nitrogen and oxygen atoms in total. The average Bonchev–Trinajstić information content (AvgIpc) is 2.56. The lowest BCUT2D eigenvalue weighted by Gasteiger charge is -2.06.